The molecule has 0 spiro atoms. The molecule has 0 aliphatic heterocycles. The van der Waals surface area contributed by atoms with Gasteiger partial charge < -0.3 is 15.1 Å². The van der Waals surface area contributed by atoms with E-state index in [1.165, 1.54) is 6.33 Å². The van der Waals surface area contributed by atoms with Crippen LogP contribution in [0.15, 0.2) is 48.8 Å². The van der Waals surface area contributed by atoms with Crippen LogP contribution in [0.3, 0.4) is 0 Å². The Labute approximate surface area is 172 Å². The summed E-state index contributed by atoms with van der Waals surface area (Å²) in [7, 11) is -4.62. The van der Waals surface area contributed by atoms with Crippen molar-refractivity contribution < 1.29 is 14.4 Å². The number of rotatable bonds is 3. The number of benzene rings is 2. The molecule has 2 heterocycles. The molecule has 4 aromatic rings. The van der Waals surface area contributed by atoms with Crippen molar-refractivity contribution in [2.24, 2.45) is 0 Å². The first-order valence-electron chi connectivity index (χ1n) is 8.94. The molecule has 0 fully saturated rings. The van der Waals surface area contributed by atoms with Gasteiger partial charge in [-0.1, -0.05) is 50.6 Å². The van der Waals surface area contributed by atoms with E-state index in [4.69, 9.17) is 11.6 Å². The normalized spacial score (nSPS) is 12.6. The Morgan fingerprint density at radius 3 is 2.52 bits per heavy atom. The number of nitrogens with one attached hydrogen (secondary N) is 1. The number of halogens is 1. The molecule has 0 radical (unpaired) electrons. The first-order chi connectivity index (χ1) is 13.6. The van der Waals surface area contributed by atoms with Crippen molar-refractivity contribution >= 4 is 52.7 Å². The van der Waals surface area contributed by atoms with E-state index >= 15 is 0 Å². The number of fused-ring (bicyclic) bond motifs is 3. The Morgan fingerprint density at radius 2 is 1.86 bits per heavy atom. The molecule has 7 nitrogen and oxygen atoms in total. The van der Waals surface area contributed by atoms with Crippen LogP contribution < -0.4 is 10.8 Å². The van der Waals surface area contributed by atoms with Gasteiger partial charge in [-0.2, -0.15) is 0 Å². The van der Waals surface area contributed by atoms with Gasteiger partial charge in [-0.15, -0.1) is 0 Å². The van der Waals surface area contributed by atoms with Crippen molar-refractivity contribution in [2.45, 2.75) is 26.2 Å². The summed E-state index contributed by atoms with van der Waals surface area (Å²) < 4.78 is 13.7. The first kappa shape index (κ1) is 19.9. The fraction of sp³-hybridized carbons (Fsp3) is 0.200. The molecule has 29 heavy (non-hydrogen) atoms. The molecule has 0 bridgehead atoms. The zero-order chi connectivity index (χ0) is 21.0. The highest BCUT2D eigenvalue weighted by atomic mass is 35.5. The average Bonchev–Trinajstić information content (AvgIpc) is 3.08. The second-order valence-corrected chi connectivity index (χ2v) is 9.77. The molecule has 9 heteroatoms. The van der Waals surface area contributed by atoms with Gasteiger partial charge in [0.2, 0.25) is 0 Å². The van der Waals surface area contributed by atoms with E-state index in [1.54, 1.807) is 22.6 Å². The van der Waals surface area contributed by atoms with Gasteiger partial charge in [0.15, 0.2) is 11.3 Å². The van der Waals surface area contributed by atoms with E-state index in [0.29, 0.717) is 21.7 Å². The molecule has 0 aliphatic carbocycles. The summed E-state index contributed by atoms with van der Waals surface area (Å²) in [6.45, 7) is 6.33. The number of hydrogen-bond donors (Lipinski definition) is 3. The third kappa shape index (κ3) is 3.63. The molecule has 2 aromatic carbocycles. The van der Waals surface area contributed by atoms with Gasteiger partial charge in [0.1, 0.15) is 11.8 Å². The third-order valence-electron chi connectivity index (χ3n) is 4.71. The maximum Gasteiger partial charge on any atom is 0.376 e. The topological polar surface area (TPSA) is 99.8 Å². The largest absolute Gasteiger partial charge is 0.376 e. The third-order valence-corrected chi connectivity index (χ3v) is 5.92. The van der Waals surface area contributed by atoms with Crippen molar-refractivity contribution in [1.29, 1.82) is 0 Å². The van der Waals surface area contributed by atoms with Crippen LogP contribution in [0.2, 0.25) is 5.02 Å². The van der Waals surface area contributed by atoms with Gasteiger partial charge >= 0.3 is 7.60 Å². The lowest BCUT2D eigenvalue weighted by Crippen LogP contribution is -2.12. The maximum absolute atomic E-state index is 12.0. The van der Waals surface area contributed by atoms with Gasteiger partial charge in [0.05, 0.1) is 21.7 Å². The number of hydrogen-bond acceptors (Lipinski definition) is 4. The lowest BCUT2D eigenvalue weighted by Gasteiger charge is -2.20. The Kier molecular flexibility index (Phi) is 4.67. The minimum Gasteiger partial charge on any atom is -0.337 e. The van der Waals surface area contributed by atoms with E-state index in [0.717, 1.165) is 5.56 Å². The van der Waals surface area contributed by atoms with Gasteiger partial charge in [-0.05, 0) is 35.2 Å². The SMILES string of the molecule is CC(C)(C)c1ccc2c(c1)nc(Nc1ccccc1Cl)c1c(P(=O)(O)O)ncn12. The molecular weight excluding hydrogens is 411 g/mol. The zero-order valence-electron chi connectivity index (χ0n) is 16.1. The van der Waals surface area contributed by atoms with E-state index in [9.17, 15) is 14.4 Å². The summed E-state index contributed by atoms with van der Waals surface area (Å²) in [5.74, 6) is 0.271. The predicted octanol–water partition coefficient (Wildman–Crippen LogP) is 4.38. The molecular formula is C20H20ClN4O3P. The lowest BCUT2D eigenvalue weighted by molar-refractivity contribution is 0.386. The summed E-state index contributed by atoms with van der Waals surface area (Å²) in [5, 5.41) is 3.58. The van der Waals surface area contributed by atoms with Crippen LogP contribution in [0.1, 0.15) is 26.3 Å². The number of nitrogens with zero attached hydrogens (tertiary/aromatic N) is 3. The number of anilines is 2. The minimum absolute atomic E-state index is 0.0762. The van der Waals surface area contributed by atoms with Crippen molar-refractivity contribution in [1.82, 2.24) is 14.4 Å². The summed E-state index contributed by atoms with van der Waals surface area (Å²) in [4.78, 5) is 28.3. The predicted molar refractivity (Wildman–Crippen MR) is 116 cm³/mol. The molecule has 0 unspecified atom stereocenters. The summed E-state index contributed by atoms with van der Waals surface area (Å²) in [6, 6.07) is 13.0. The van der Waals surface area contributed by atoms with Crippen LogP contribution in [-0.2, 0) is 9.98 Å². The summed E-state index contributed by atoms with van der Waals surface area (Å²) in [5.41, 5.74) is 2.85. The molecule has 0 amide bonds. The quantitative estimate of drug-likeness (QED) is 0.417. The lowest BCUT2D eigenvalue weighted by atomic mass is 9.87. The van der Waals surface area contributed by atoms with Crippen molar-refractivity contribution in [3.8, 4) is 0 Å². The average molecular weight is 431 g/mol. The van der Waals surface area contributed by atoms with Crippen LogP contribution in [-0.4, -0.2) is 24.2 Å². The van der Waals surface area contributed by atoms with Crippen LogP contribution in [0, 0.1) is 0 Å². The Bertz CT molecular complexity index is 1290. The molecule has 0 atom stereocenters. The van der Waals surface area contributed by atoms with Gasteiger partial charge in [0, 0.05) is 0 Å². The monoisotopic (exact) mass is 430 g/mol. The number of para-hydroxylation sites is 1. The Hall–Kier alpha value is -2.44. The van der Waals surface area contributed by atoms with Crippen LogP contribution in [0.5, 0.6) is 0 Å². The zero-order valence-corrected chi connectivity index (χ0v) is 17.7. The van der Waals surface area contributed by atoms with Gasteiger partial charge in [-0.3, -0.25) is 8.97 Å². The highest BCUT2D eigenvalue weighted by Gasteiger charge is 2.28. The standard InChI is InChI=1S/C20H20ClN4O3P/c1-20(2,3)12-8-9-16-15(10-12)24-18(23-14-7-5-4-6-13(14)21)17-19(29(26,27)28)22-11-25(16)17/h4-11H,1-3H3,(H,23,24)(H2,26,27,28). The van der Waals surface area contributed by atoms with Crippen molar-refractivity contribution in [2.75, 3.05) is 5.32 Å². The molecule has 4 rings (SSSR count). The fourth-order valence-electron chi connectivity index (χ4n) is 3.19. The summed E-state index contributed by atoms with van der Waals surface area (Å²) in [6.07, 6.45) is 1.41. The Balaban J connectivity index is 2.04. The Morgan fingerprint density at radius 1 is 1.14 bits per heavy atom. The van der Waals surface area contributed by atoms with Crippen LogP contribution in [0.25, 0.3) is 16.6 Å². The van der Waals surface area contributed by atoms with Crippen molar-refractivity contribution in [3.63, 3.8) is 0 Å². The van der Waals surface area contributed by atoms with Gasteiger partial charge in [-0.25, -0.2) is 9.97 Å². The molecule has 0 saturated heterocycles. The van der Waals surface area contributed by atoms with E-state index in [-0.39, 0.29) is 22.2 Å². The molecule has 2 aromatic heterocycles. The molecule has 3 N–H and O–H groups in total. The van der Waals surface area contributed by atoms with Crippen molar-refractivity contribution in [3.05, 3.63) is 59.4 Å². The molecule has 0 saturated carbocycles. The highest BCUT2D eigenvalue weighted by molar-refractivity contribution is 7.60. The molecule has 150 valence electrons. The fourth-order valence-corrected chi connectivity index (χ4v) is 4.06. The highest BCUT2D eigenvalue weighted by Crippen LogP contribution is 2.38. The summed E-state index contributed by atoms with van der Waals surface area (Å²) >= 11 is 6.27. The second kappa shape index (κ2) is 6.82. The minimum atomic E-state index is -4.62. The number of imidazole rings is 1. The first-order valence-corrected chi connectivity index (χ1v) is 10.9. The van der Waals surface area contributed by atoms with Crippen LogP contribution in [0.4, 0.5) is 11.5 Å². The van der Waals surface area contributed by atoms with Gasteiger partial charge in [0.25, 0.3) is 0 Å². The number of aromatic nitrogens is 3. The van der Waals surface area contributed by atoms with E-state index in [2.05, 4.69) is 36.1 Å². The maximum atomic E-state index is 12.0. The second-order valence-electron chi connectivity index (χ2n) is 7.85. The van der Waals surface area contributed by atoms with E-state index < -0.39 is 7.60 Å². The van der Waals surface area contributed by atoms with Crippen LogP contribution >= 0.6 is 19.2 Å². The smallest absolute Gasteiger partial charge is 0.337 e. The molecule has 0 aliphatic rings. The van der Waals surface area contributed by atoms with E-state index in [1.807, 2.05) is 24.3 Å².